The van der Waals surface area contributed by atoms with Gasteiger partial charge in [-0.1, -0.05) is 0 Å². The van der Waals surface area contributed by atoms with Gasteiger partial charge in [0.2, 0.25) is 0 Å². The molecule has 18 heavy (non-hydrogen) atoms. The van der Waals surface area contributed by atoms with E-state index in [4.69, 9.17) is 14.6 Å². The number of rotatable bonds is 4. The molecular formula is C13H16O4S. The number of hydrogen-bond donors (Lipinski definition) is 1. The molecular weight excluding hydrogens is 252 g/mol. The molecule has 1 N–H and O–H groups in total. The van der Waals surface area contributed by atoms with E-state index in [2.05, 4.69) is 0 Å². The molecule has 0 aromatic heterocycles. The molecule has 0 saturated heterocycles. The zero-order valence-electron chi connectivity index (χ0n) is 10.4. The first-order valence-corrected chi connectivity index (χ1v) is 6.58. The SMILES string of the molecule is CC(C)(CC(=O)O)Sc1ccc2c(c1)OCCO2. The molecule has 5 heteroatoms. The number of carboxylic acid groups (broad SMARTS) is 1. The Bertz CT molecular complexity index is 456. The largest absolute Gasteiger partial charge is 0.486 e. The third-order valence-electron chi connectivity index (χ3n) is 2.48. The van der Waals surface area contributed by atoms with Crippen molar-refractivity contribution in [2.24, 2.45) is 0 Å². The van der Waals surface area contributed by atoms with Crippen molar-refractivity contribution in [1.29, 1.82) is 0 Å². The summed E-state index contributed by atoms with van der Waals surface area (Å²) in [4.78, 5) is 11.8. The van der Waals surface area contributed by atoms with Crippen molar-refractivity contribution in [3.05, 3.63) is 18.2 Å². The second kappa shape index (κ2) is 5.10. The third-order valence-corrected chi connectivity index (χ3v) is 3.67. The fraction of sp³-hybridized carbons (Fsp3) is 0.462. The molecule has 1 aliphatic rings. The Balaban J connectivity index is 2.12. The van der Waals surface area contributed by atoms with Crippen molar-refractivity contribution in [1.82, 2.24) is 0 Å². The molecule has 0 fully saturated rings. The van der Waals surface area contributed by atoms with E-state index in [0.717, 1.165) is 16.4 Å². The summed E-state index contributed by atoms with van der Waals surface area (Å²) >= 11 is 1.53. The van der Waals surface area contributed by atoms with E-state index in [1.54, 1.807) is 0 Å². The summed E-state index contributed by atoms with van der Waals surface area (Å²) in [5, 5.41) is 8.86. The molecule has 0 bridgehead atoms. The standard InChI is InChI=1S/C13H16O4S/c1-13(2,8-12(14)15)18-9-3-4-10-11(7-9)17-6-5-16-10/h3-4,7H,5-6,8H2,1-2H3,(H,14,15). The Kier molecular flexibility index (Phi) is 3.71. The van der Waals surface area contributed by atoms with Crippen molar-refractivity contribution in [3.8, 4) is 11.5 Å². The molecule has 0 unspecified atom stereocenters. The number of ether oxygens (including phenoxy) is 2. The molecule has 2 rings (SSSR count). The van der Waals surface area contributed by atoms with Crippen LogP contribution in [0.3, 0.4) is 0 Å². The number of carboxylic acids is 1. The first kappa shape index (κ1) is 13.1. The van der Waals surface area contributed by atoms with Gasteiger partial charge in [0.1, 0.15) is 13.2 Å². The molecule has 0 amide bonds. The van der Waals surface area contributed by atoms with Crippen LogP contribution >= 0.6 is 11.8 Å². The highest BCUT2D eigenvalue weighted by Crippen LogP contribution is 2.40. The van der Waals surface area contributed by atoms with Crippen molar-refractivity contribution in [2.75, 3.05) is 13.2 Å². The lowest BCUT2D eigenvalue weighted by atomic mass is 10.1. The zero-order valence-corrected chi connectivity index (χ0v) is 11.3. The third kappa shape index (κ3) is 3.32. The monoisotopic (exact) mass is 268 g/mol. The summed E-state index contributed by atoms with van der Waals surface area (Å²) in [7, 11) is 0. The highest BCUT2D eigenvalue weighted by atomic mass is 32.2. The average Bonchev–Trinajstić information content (AvgIpc) is 2.26. The van der Waals surface area contributed by atoms with Crippen LogP contribution in [0.1, 0.15) is 20.3 Å². The Hall–Kier alpha value is -1.36. The first-order valence-electron chi connectivity index (χ1n) is 5.77. The van der Waals surface area contributed by atoms with Crippen LogP contribution in [0, 0.1) is 0 Å². The maximum absolute atomic E-state index is 10.8. The maximum Gasteiger partial charge on any atom is 0.304 e. The Morgan fingerprint density at radius 1 is 1.33 bits per heavy atom. The quantitative estimate of drug-likeness (QED) is 0.851. The van der Waals surface area contributed by atoms with Gasteiger partial charge >= 0.3 is 5.97 Å². The van der Waals surface area contributed by atoms with E-state index in [9.17, 15) is 4.79 Å². The molecule has 0 saturated carbocycles. The highest BCUT2D eigenvalue weighted by Gasteiger charge is 2.24. The Morgan fingerprint density at radius 3 is 2.67 bits per heavy atom. The minimum Gasteiger partial charge on any atom is -0.486 e. The van der Waals surface area contributed by atoms with E-state index in [0.29, 0.717) is 13.2 Å². The van der Waals surface area contributed by atoms with Gasteiger partial charge in [-0.2, -0.15) is 0 Å². The second-order valence-corrected chi connectivity index (χ2v) is 6.52. The summed E-state index contributed by atoms with van der Waals surface area (Å²) < 4.78 is 10.6. The first-order chi connectivity index (χ1) is 8.46. The highest BCUT2D eigenvalue weighted by molar-refractivity contribution is 8.00. The molecule has 1 heterocycles. The van der Waals surface area contributed by atoms with Crippen molar-refractivity contribution in [3.63, 3.8) is 0 Å². The van der Waals surface area contributed by atoms with Gasteiger partial charge in [0, 0.05) is 9.64 Å². The normalized spacial score (nSPS) is 14.3. The van der Waals surface area contributed by atoms with Gasteiger partial charge in [-0.25, -0.2) is 0 Å². The molecule has 1 aromatic carbocycles. The van der Waals surface area contributed by atoms with Crippen LogP contribution < -0.4 is 9.47 Å². The predicted octanol–water partition coefficient (Wildman–Crippen LogP) is 2.80. The topological polar surface area (TPSA) is 55.8 Å². The van der Waals surface area contributed by atoms with Gasteiger partial charge in [-0.3, -0.25) is 4.79 Å². The van der Waals surface area contributed by atoms with Crippen LogP contribution in [-0.2, 0) is 4.79 Å². The fourth-order valence-electron chi connectivity index (χ4n) is 1.81. The van der Waals surface area contributed by atoms with Crippen molar-refractivity contribution >= 4 is 17.7 Å². The van der Waals surface area contributed by atoms with Crippen LogP contribution in [0.2, 0.25) is 0 Å². The molecule has 0 aliphatic carbocycles. The number of thioether (sulfide) groups is 1. The van der Waals surface area contributed by atoms with Gasteiger partial charge < -0.3 is 14.6 Å². The Morgan fingerprint density at radius 2 is 2.00 bits per heavy atom. The number of hydrogen-bond acceptors (Lipinski definition) is 4. The molecule has 1 aliphatic heterocycles. The lowest BCUT2D eigenvalue weighted by Gasteiger charge is -2.23. The summed E-state index contributed by atoms with van der Waals surface area (Å²) in [5.74, 6) is 0.698. The van der Waals surface area contributed by atoms with E-state index in [-0.39, 0.29) is 11.2 Å². The van der Waals surface area contributed by atoms with E-state index < -0.39 is 5.97 Å². The molecule has 4 nitrogen and oxygen atoms in total. The van der Waals surface area contributed by atoms with Crippen LogP contribution in [0.5, 0.6) is 11.5 Å². The summed E-state index contributed by atoms with van der Waals surface area (Å²) in [5.41, 5.74) is 0. The van der Waals surface area contributed by atoms with Crippen LogP contribution in [0.25, 0.3) is 0 Å². The van der Waals surface area contributed by atoms with Gasteiger partial charge in [0.15, 0.2) is 11.5 Å². The predicted molar refractivity (Wildman–Crippen MR) is 69.6 cm³/mol. The van der Waals surface area contributed by atoms with E-state index in [1.165, 1.54) is 11.8 Å². The minimum atomic E-state index is -0.787. The van der Waals surface area contributed by atoms with Gasteiger partial charge in [0.05, 0.1) is 6.42 Å². The summed E-state index contributed by atoms with van der Waals surface area (Å²) in [6.07, 6.45) is 0.117. The Labute approximate surface area is 110 Å². The summed E-state index contributed by atoms with van der Waals surface area (Å²) in [6, 6.07) is 5.71. The van der Waals surface area contributed by atoms with Crippen LogP contribution in [-0.4, -0.2) is 29.0 Å². The molecule has 0 spiro atoms. The molecule has 1 aromatic rings. The fourth-order valence-corrected chi connectivity index (χ4v) is 2.94. The lowest BCUT2D eigenvalue weighted by Crippen LogP contribution is -2.19. The van der Waals surface area contributed by atoms with Gasteiger partial charge in [-0.15, -0.1) is 11.8 Å². The zero-order chi connectivity index (χ0) is 13.2. The van der Waals surface area contributed by atoms with Crippen molar-refractivity contribution < 1.29 is 19.4 Å². The lowest BCUT2D eigenvalue weighted by molar-refractivity contribution is -0.137. The number of aliphatic carboxylic acids is 1. The van der Waals surface area contributed by atoms with Crippen molar-refractivity contribution in [2.45, 2.75) is 29.9 Å². The smallest absolute Gasteiger partial charge is 0.304 e. The number of carbonyl (C=O) groups is 1. The molecule has 0 radical (unpaired) electrons. The van der Waals surface area contributed by atoms with E-state index >= 15 is 0 Å². The summed E-state index contributed by atoms with van der Waals surface area (Å²) in [6.45, 7) is 4.97. The van der Waals surface area contributed by atoms with Gasteiger partial charge in [0.25, 0.3) is 0 Å². The number of benzene rings is 1. The minimum absolute atomic E-state index is 0.117. The van der Waals surface area contributed by atoms with Crippen LogP contribution in [0.15, 0.2) is 23.1 Å². The maximum atomic E-state index is 10.8. The van der Waals surface area contributed by atoms with E-state index in [1.807, 2.05) is 32.0 Å². The van der Waals surface area contributed by atoms with Crippen LogP contribution in [0.4, 0.5) is 0 Å². The van der Waals surface area contributed by atoms with Gasteiger partial charge in [-0.05, 0) is 32.0 Å². The molecule has 98 valence electrons. The average molecular weight is 268 g/mol. The number of fused-ring (bicyclic) bond motifs is 1. The second-order valence-electron chi connectivity index (χ2n) is 4.74. The molecule has 0 atom stereocenters.